The van der Waals surface area contributed by atoms with Crippen molar-refractivity contribution in [2.75, 3.05) is 6.54 Å². The summed E-state index contributed by atoms with van der Waals surface area (Å²) in [6, 6.07) is 8.48. The molecule has 0 spiro atoms. The molecule has 3 nitrogen and oxygen atoms in total. The molecule has 0 radical (unpaired) electrons. The molecule has 4 heteroatoms. The Bertz CT molecular complexity index is 813. The lowest BCUT2D eigenvalue weighted by Crippen LogP contribution is -2.21. The van der Waals surface area contributed by atoms with Crippen molar-refractivity contribution in [3.05, 3.63) is 52.1 Å². The van der Waals surface area contributed by atoms with Gasteiger partial charge >= 0.3 is 0 Å². The summed E-state index contributed by atoms with van der Waals surface area (Å²) in [5.41, 5.74) is 3.99. The summed E-state index contributed by atoms with van der Waals surface area (Å²) in [5, 5.41) is 8.30. The number of fused-ring (bicyclic) bond motifs is 1. The summed E-state index contributed by atoms with van der Waals surface area (Å²) in [6.45, 7) is 11.0. The monoisotopic (exact) mass is 355 g/mol. The van der Waals surface area contributed by atoms with Crippen molar-refractivity contribution < 1.29 is 0 Å². The van der Waals surface area contributed by atoms with Crippen molar-refractivity contribution >= 4 is 22.2 Å². The molecule has 1 aromatic carbocycles. The molecule has 3 rings (SSSR count). The second-order valence-corrected chi connectivity index (χ2v) is 8.84. The Labute approximate surface area is 154 Å². The molecule has 3 aromatic rings. The van der Waals surface area contributed by atoms with Gasteiger partial charge in [0, 0.05) is 34.4 Å². The maximum Gasteiger partial charge on any atom is 0.107 e. The van der Waals surface area contributed by atoms with E-state index in [0.717, 1.165) is 19.5 Å². The fraction of sp³-hybridized carbons (Fsp3) is 0.476. The molecule has 0 bridgehead atoms. The minimum Gasteiger partial charge on any atom is -0.361 e. The Kier molecular flexibility index (Phi) is 5.60. The molecule has 0 aliphatic rings. The van der Waals surface area contributed by atoms with Crippen molar-refractivity contribution in [1.82, 2.24) is 15.3 Å². The molecule has 0 saturated carbocycles. The number of hydrogen-bond acceptors (Lipinski definition) is 3. The number of thiazole rings is 1. The number of rotatable bonds is 8. The van der Waals surface area contributed by atoms with Crippen molar-refractivity contribution in [2.24, 2.45) is 5.92 Å². The Morgan fingerprint density at radius 3 is 2.84 bits per heavy atom. The van der Waals surface area contributed by atoms with E-state index in [0.29, 0.717) is 5.92 Å². The first-order valence-corrected chi connectivity index (χ1v) is 10.0. The fourth-order valence-electron chi connectivity index (χ4n) is 3.58. The van der Waals surface area contributed by atoms with Crippen LogP contribution >= 0.6 is 11.3 Å². The molecular formula is C21H29N3S. The van der Waals surface area contributed by atoms with E-state index in [1.54, 1.807) is 11.3 Å². The fourth-order valence-corrected chi connectivity index (χ4v) is 4.54. The largest absolute Gasteiger partial charge is 0.361 e. The number of aromatic nitrogens is 2. The van der Waals surface area contributed by atoms with Gasteiger partial charge in [-0.3, -0.25) is 0 Å². The summed E-state index contributed by atoms with van der Waals surface area (Å²) in [7, 11) is 0. The third-order valence-corrected chi connectivity index (χ3v) is 5.53. The zero-order chi connectivity index (χ0) is 17.9. The molecule has 0 amide bonds. The van der Waals surface area contributed by atoms with Crippen molar-refractivity contribution in [2.45, 2.75) is 52.5 Å². The average Bonchev–Trinajstić information content (AvgIpc) is 3.18. The van der Waals surface area contributed by atoms with Crippen LogP contribution in [0.15, 0.2) is 35.8 Å². The van der Waals surface area contributed by atoms with Crippen LogP contribution in [0.1, 0.15) is 50.4 Å². The van der Waals surface area contributed by atoms with Crippen LogP contribution in [0, 0.1) is 5.92 Å². The number of hydrogen-bond donors (Lipinski definition) is 2. The van der Waals surface area contributed by atoms with Crippen LogP contribution in [-0.2, 0) is 18.4 Å². The molecule has 0 fully saturated rings. The van der Waals surface area contributed by atoms with E-state index in [4.69, 9.17) is 4.98 Å². The molecule has 25 heavy (non-hydrogen) atoms. The summed E-state index contributed by atoms with van der Waals surface area (Å²) in [6.07, 6.45) is 4.33. The summed E-state index contributed by atoms with van der Waals surface area (Å²) >= 11 is 1.77. The second kappa shape index (κ2) is 7.71. The smallest absolute Gasteiger partial charge is 0.107 e. The maximum atomic E-state index is 4.87. The molecule has 0 aliphatic heterocycles. The number of benzene rings is 1. The van der Waals surface area contributed by atoms with E-state index < -0.39 is 0 Å². The van der Waals surface area contributed by atoms with Crippen LogP contribution in [-0.4, -0.2) is 16.5 Å². The van der Waals surface area contributed by atoms with Gasteiger partial charge in [-0.2, -0.15) is 0 Å². The van der Waals surface area contributed by atoms with E-state index in [1.165, 1.54) is 33.6 Å². The van der Waals surface area contributed by atoms with Gasteiger partial charge in [0.15, 0.2) is 0 Å². The lowest BCUT2D eigenvalue weighted by atomic mass is 9.82. The van der Waals surface area contributed by atoms with Crippen LogP contribution in [0.25, 0.3) is 10.9 Å². The lowest BCUT2D eigenvalue weighted by Gasteiger charge is -2.24. The zero-order valence-corrected chi connectivity index (χ0v) is 16.5. The van der Waals surface area contributed by atoms with Crippen LogP contribution in [0.2, 0.25) is 0 Å². The van der Waals surface area contributed by atoms with Crippen LogP contribution in [0.3, 0.4) is 0 Å². The van der Waals surface area contributed by atoms with Gasteiger partial charge in [0.05, 0.1) is 5.69 Å². The Balaban J connectivity index is 1.51. The van der Waals surface area contributed by atoms with E-state index in [1.807, 2.05) is 0 Å². The Hall–Kier alpha value is -1.65. The van der Waals surface area contributed by atoms with Gasteiger partial charge in [0.25, 0.3) is 0 Å². The van der Waals surface area contributed by atoms with Crippen LogP contribution in [0.4, 0.5) is 0 Å². The number of para-hydroxylation sites is 1. The first-order valence-electron chi connectivity index (χ1n) is 9.16. The highest BCUT2D eigenvalue weighted by Gasteiger charge is 2.24. The Morgan fingerprint density at radius 2 is 2.04 bits per heavy atom. The zero-order valence-electron chi connectivity index (χ0n) is 15.7. The summed E-state index contributed by atoms with van der Waals surface area (Å²) < 4.78 is 0. The highest BCUT2D eigenvalue weighted by Crippen LogP contribution is 2.31. The minimum atomic E-state index is 0.160. The molecule has 0 unspecified atom stereocenters. The topological polar surface area (TPSA) is 40.7 Å². The number of nitrogens with one attached hydrogen (secondary N) is 2. The van der Waals surface area contributed by atoms with Crippen molar-refractivity contribution in [3.63, 3.8) is 0 Å². The number of nitrogens with zero attached hydrogens (tertiary/aromatic N) is 1. The van der Waals surface area contributed by atoms with Crippen LogP contribution < -0.4 is 5.32 Å². The summed E-state index contributed by atoms with van der Waals surface area (Å²) in [5.74, 6) is 0.689. The number of H-pyrrole nitrogens is 1. The van der Waals surface area contributed by atoms with Gasteiger partial charge < -0.3 is 10.3 Å². The number of aromatic amines is 1. The average molecular weight is 356 g/mol. The van der Waals surface area contributed by atoms with Crippen LogP contribution in [0.5, 0.6) is 0 Å². The predicted octanol–water partition coefficient (Wildman–Crippen LogP) is 5.28. The van der Waals surface area contributed by atoms with E-state index in [9.17, 15) is 0 Å². The molecule has 2 aromatic heterocycles. The second-order valence-electron chi connectivity index (χ2n) is 7.89. The normalized spacial score (nSPS) is 12.4. The predicted molar refractivity (Wildman–Crippen MR) is 108 cm³/mol. The molecule has 0 atom stereocenters. The van der Waals surface area contributed by atoms with E-state index in [2.05, 4.69) is 73.8 Å². The SMILES string of the molecule is CC(C)CC(C)(C)c1csc(CNCCc2c[nH]c3ccccc23)n1. The third-order valence-electron chi connectivity index (χ3n) is 4.69. The van der Waals surface area contributed by atoms with Crippen molar-refractivity contribution in [3.8, 4) is 0 Å². The van der Waals surface area contributed by atoms with Gasteiger partial charge in [-0.05, 0) is 36.9 Å². The standard InChI is InChI=1S/C21H29N3S/c1-15(2)11-21(3,4)19-14-25-20(24-19)13-22-10-9-16-12-23-18-8-6-5-7-17(16)18/h5-8,12,14-15,22-23H,9-11,13H2,1-4H3. The van der Waals surface area contributed by atoms with Crippen molar-refractivity contribution in [1.29, 1.82) is 0 Å². The first kappa shape index (κ1) is 18.2. The molecular weight excluding hydrogens is 326 g/mol. The minimum absolute atomic E-state index is 0.160. The molecule has 0 aliphatic carbocycles. The van der Waals surface area contributed by atoms with Gasteiger partial charge in [0.2, 0.25) is 0 Å². The van der Waals surface area contributed by atoms with Gasteiger partial charge in [-0.1, -0.05) is 45.9 Å². The quantitative estimate of drug-likeness (QED) is 0.540. The van der Waals surface area contributed by atoms with Gasteiger partial charge in [0.1, 0.15) is 5.01 Å². The molecule has 2 N–H and O–H groups in total. The maximum absolute atomic E-state index is 4.87. The molecule has 0 saturated heterocycles. The highest BCUT2D eigenvalue weighted by molar-refractivity contribution is 7.09. The molecule has 2 heterocycles. The Morgan fingerprint density at radius 1 is 1.24 bits per heavy atom. The van der Waals surface area contributed by atoms with Gasteiger partial charge in [-0.25, -0.2) is 4.98 Å². The van der Waals surface area contributed by atoms with Gasteiger partial charge in [-0.15, -0.1) is 11.3 Å². The lowest BCUT2D eigenvalue weighted by molar-refractivity contribution is 0.391. The highest BCUT2D eigenvalue weighted by atomic mass is 32.1. The summed E-state index contributed by atoms with van der Waals surface area (Å²) in [4.78, 5) is 8.21. The van der Waals surface area contributed by atoms with E-state index in [-0.39, 0.29) is 5.41 Å². The third kappa shape index (κ3) is 4.50. The first-order chi connectivity index (χ1) is 12.0. The molecule has 134 valence electrons. The van der Waals surface area contributed by atoms with E-state index >= 15 is 0 Å².